The van der Waals surface area contributed by atoms with Crippen LogP contribution in [0.1, 0.15) is 58.2 Å². The molecule has 0 bridgehead atoms. The summed E-state index contributed by atoms with van der Waals surface area (Å²) in [4.78, 5) is 4.81. The average Bonchev–Trinajstić information content (AvgIpc) is 3.32. The molecule has 26 heavy (non-hydrogen) atoms. The number of nitrogens with zero attached hydrogens (tertiary/aromatic N) is 4. The van der Waals surface area contributed by atoms with Crippen LogP contribution in [-0.4, -0.2) is 52.6 Å². The Morgan fingerprint density at radius 3 is 2.88 bits per heavy atom. The first-order valence-electron chi connectivity index (χ1n) is 10.3. The molecule has 1 saturated carbocycles. The minimum atomic E-state index is 0.282. The van der Waals surface area contributed by atoms with E-state index < -0.39 is 0 Å². The summed E-state index contributed by atoms with van der Waals surface area (Å²) in [6, 6.07) is 0.531. The maximum absolute atomic E-state index is 5.72. The van der Waals surface area contributed by atoms with Crippen LogP contribution in [0.5, 0.6) is 0 Å². The summed E-state index contributed by atoms with van der Waals surface area (Å²) in [7, 11) is 0. The molecule has 1 aliphatic carbocycles. The number of rotatable bonds is 7. The summed E-state index contributed by atoms with van der Waals surface area (Å²) in [6.07, 6.45) is 10.3. The maximum atomic E-state index is 5.72. The second kappa shape index (κ2) is 9.90. The zero-order valence-electron chi connectivity index (χ0n) is 16.3. The van der Waals surface area contributed by atoms with Gasteiger partial charge in [-0.05, 0) is 44.4 Å². The smallest absolute Gasteiger partial charge is 0.191 e. The lowest BCUT2D eigenvalue weighted by Gasteiger charge is -2.28. The zero-order valence-corrected chi connectivity index (χ0v) is 16.3. The van der Waals surface area contributed by atoms with Crippen molar-refractivity contribution in [3.63, 3.8) is 0 Å². The zero-order chi connectivity index (χ0) is 18.2. The van der Waals surface area contributed by atoms with Gasteiger partial charge in [-0.25, -0.2) is 0 Å². The van der Waals surface area contributed by atoms with Crippen LogP contribution in [0.15, 0.2) is 11.3 Å². The Kier molecular flexibility index (Phi) is 7.29. The molecule has 0 spiro atoms. The molecule has 0 amide bonds. The Bertz CT molecular complexity index is 558. The molecule has 146 valence electrons. The van der Waals surface area contributed by atoms with Crippen LogP contribution in [0.25, 0.3) is 0 Å². The Hall–Kier alpha value is -1.63. The number of nitrogens with one attached hydrogen (secondary N) is 2. The van der Waals surface area contributed by atoms with Gasteiger partial charge in [-0.2, -0.15) is 0 Å². The van der Waals surface area contributed by atoms with E-state index in [2.05, 4.69) is 39.2 Å². The molecule has 7 nitrogen and oxygen atoms in total. The van der Waals surface area contributed by atoms with Crippen molar-refractivity contribution in [2.75, 3.05) is 19.7 Å². The van der Waals surface area contributed by atoms with Gasteiger partial charge in [0.2, 0.25) is 0 Å². The highest BCUT2D eigenvalue weighted by molar-refractivity contribution is 5.80. The minimum absolute atomic E-state index is 0.282. The number of aliphatic imine (C=N–C) groups is 1. The van der Waals surface area contributed by atoms with Crippen molar-refractivity contribution in [3.05, 3.63) is 12.2 Å². The molecule has 7 heteroatoms. The first kappa shape index (κ1) is 19.1. The molecule has 2 aliphatic rings. The van der Waals surface area contributed by atoms with Gasteiger partial charge in [-0.3, -0.25) is 4.99 Å². The second-order valence-electron chi connectivity index (χ2n) is 7.65. The quantitative estimate of drug-likeness (QED) is 0.574. The highest BCUT2D eigenvalue weighted by Gasteiger charge is 2.20. The van der Waals surface area contributed by atoms with Crippen molar-refractivity contribution < 1.29 is 4.74 Å². The van der Waals surface area contributed by atoms with E-state index in [0.717, 1.165) is 63.2 Å². The fourth-order valence-corrected chi connectivity index (χ4v) is 3.77. The Morgan fingerprint density at radius 2 is 2.15 bits per heavy atom. The summed E-state index contributed by atoms with van der Waals surface area (Å²) < 4.78 is 7.82. The largest absolute Gasteiger partial charge is 0.376 e. The average molecular weight is 363 g/mol. The number of aromatic nitrogens is 3. The fourth-order valence-electron chi connectivity index (χ4n) is 3.77. The van der Waals surface area contributed by atoms with Crippen LogP contribution in [0.2, 0.25) is 0 Å². The van der Waals surface area contributed by atoms with Crippen molar-refractivity contribution in [1.29, 1.82) is 0 Å². The van der Waals surface area contributed by atoms with Crippen LogP contribution >= 0.6 is 0 Å². The van der Waals surface area contributed by atoms with E-state index in [9.17, 15) is 0 Å². The fraction of sp³-hybridized carbons (Fsp3) is 0.842. The minimum Gasteiger partial charge on any atom is -0.376 e. The van der Waals surface area contributed by atoms with Crippen molar-refractivity contribution >= 4 is 5.96 Å². The summed E-state index contributed by atoms with van der Waals surface area (Å²) in [5.41, 5.74) is 0. The molecule has 1 aliphatic heterocycles. The van der Waals surface area contributed by atoms with Crippen LogP contribution in [-0.2, 0) is 17.7 Å². The molecule has 3 rings (SSSR count). The molecule has 2 fully saturated rings. The molecule has 1 aromatic rings. The van der Waals surface area contributed by atoms with Gasteiger partial charge in [0.1, 0.15) is 12.2 Å². The van der Waals surface area contributed by atoms with Gasteiger partial charge in [-0.15, -0.1) is 10.2 Å². The molecule has 2 heterocycles. The van der Waals surface area contributed by atoms with Gasteiger partial charge in [-0.1, -0.05) is 13.8 Å². The Balaban J connectivity index is 1.52. The number of hydrogen-bond donors (Lipinski definition) is 2. The normalized spacial score (nSPS) is 26.8. The summed E-state index contributed by atoms with van der Waals surface area (Å²) >= 11 is 0. The van der Waals surface area contributed by atoms with Crippen LogP contribution < -0.4 is 10.6 Å². The SMILES string of the molecule is CCc1nncn1CCNC(=NCC1CCCO1)NC1CCC(C)CC1. The van der Waals surface area contributed by atoms with Gasteiger partial charge < -0.3 is 19.9 Å². The molecule has 1 atom stereocenters. The number of ether oxygens (including phenoxy) is 1. The molecular formula is C19H34N6O. The van der Waals surface area contributed by atoms with Gasteiger partial charge in [0.15, 0.2) is 5.96 Å². The highest BCUT2D eigenvalue weighted by atomic mass is 16.5. The maximum Gasteiger partial charge on any atom is 0.191 e. The van der Waals surface area contributed by atoms with E-state index in [4.69, 9.17) is 9.73 Å². The standard InChI is InChI=1S/C19H34N6O/c1-3-18-24-22-14-25(18)11-10-20-19(21-13-17-5-4-12-26-17)23-16-8-6-15(2)7-9-16/h14-17H,3-13H2,1-2H3,(H2,20,21,23). The lowest BCUT2D eigenvalue weighted by Crippen LogP contribution is -2.46. The van der Waals surface area contributed by atoms with Crippen molar-refractivity contribution in [2.45, 2.75) is 77.5 Å². The van der Waals surface area contributed by atoms with Crippen molar-refractivity contribution in [1.82, 2.24) is 25.4 Å². The van der Waals surface area contributed by atoms with E-state index in [0.29, 0.717) is 6.04 Å². The molecule has 2 N–H and O–H groups in total. The molecule has 1 unspecified atom stereocenters. The van der Waals surface area contributed by atoms with Crippen LogP contribution in [0.4, 0.5) is 0 Å². The van der Waals surface area contributed by atoms with Gasteiger partial charge in [0.05, 0.1) is 12.6 Å². The van der Waals surface area contributed by atoms with E-state index in [-0.39, 0.29) is 6.10 Å². The molecular weight excluding hydrogens is 328 g/mol. The third-order valence-electron chi connectivity index (χ3n) is 5.49. The lowest BCUT2D eigenvalue weighted by atomic mass is 9.87. The van der Waals surface area contributed by atoms with Crippen LogP contribution in [0.3, 0.4) is 0 Å². The first-order valence-corrected chi connectivity index (χ1v) is 10.3. The van der Waals surface area contributed by atoms with Crippen LogP contribution in [0, 0.1) is 5.92 Å². The third-order valence-corrected chi connectivity index (χ3v) is 5.49. The molecule has 1 aromatic heterocycles. The van der Waals surface area contributed by atoms with Gasteiger partial charge >= 0.3 is 0 Å². The van der Waals surface area contributed by atoms with E-state index >= 15 is 0 Å². The second-order valence-corrected chi connectivity index (χ2v) is 7.65. The summed E-state index contributed by atoms with van der Waals surface area (Å²) in [6.45, 7) is 7.74. The number of hydrogen-bond acceptors (Lipinski definition) is 4. The monoisotopic (exact) mass is 362 g/mol. The molecule has 1 saturated heterocycles. The van der Waals surface area contributed by atoms with E-state index in [1.807, 2.05) is 0 Å². The highest BCUT2D eigenvalue weighted by Crippen LogP contribution is 2.23. The first-order chi connectivity index (χ1) is 12.7. The van der Waals surface area contributed by atoms with Crippen molar-refractivity contribution in [2.24, 2.45) is 10.9 Å². The lowest BCUT2D eigenvalue weighted by molar-refractivity contribution is 0.117. The summed E-state index contributed by atoms with van der Waals surface area (Å²) in [5.74, 6) is 2.81. The topological polar surface area (TPSA) is 76.4 Å². The Morgan fingerprint density at radius 1 is 1.31 bits per heavy atom. The Labute approximate surface area is 157 Å². The summed E-state index contributed by atoms with van der Waals surface area (Å²) in [5, 5.41) is 15.3. The third kappa shape index (κ3) is 5.69. The van der Waals surface area contributed by atoms with E-state index in [1.165, 1.54) is 25.7 Å². The van der Waals surface area contributed by atoms with E-state index in [1.54, 1.807) is 6.33 Å². The number of aryl methyl sites for hydroxylation is 1. The molecule has 0 aromatic carbocycles. The number of guanidine groups is 1. The predicted molar refractivity (Wildman–Crippen MR) is 103 cm³/mol. The van der Waals surface area contributed by atoms with Gasteiger partial charge in [0.25, 0.3) is 0 Å². The van der Waals surface area contributed by atoms with Crippen molar-refractivity contribution in [3.8, 4) is 0 Å². The molecule has 0 radical (unpaired) electrons. The predicted octanol–water partition coefficient (Wildman–Crippen LogP) is 2.13. The van der Waals surface area contributed by atoms with Gasteiger partial charge in [0, 0.05) is 32.2 Å².